The fraction of sp³-hybridized carbons (Fsp3) is 0.462. The molecule has 1 N–H and O–H groups in total. The molecule has 0 aromatic heterocycles. The molecular formula is C13H18N2O. The van der Waals surface area contributed by atoms with Crippen LogP contribution in [0.15, 0.2) is 12.1 Å². The van der Waals surface area contributed by atoms with Crippen LogP contribution in [0.5, 0.6) is 0 Å². The summed E-state index contributed by atoms with van der Waals surface area (Å²) in [5, 5.41) is 3.21. The van der Waals surface area contributed by atoms with Gasteiger partial charge in [-0.3, -0.25) is 4.79 Å². The molecule has 16 heavy (non-hydrogen) atoms. The molecule has 3 nitrogen and oxygen atoms in total. The largest absolute Gasteiger partial charge is 0.374 e. The third kappa shape index (κ3) is 1.77. The van der Waals surface area contributed by atoms with Crippen molar-refractivity contribution in [3.05, 3.63) is 23.3 Å². The van der Waals surface area contributed by atoms with Gasteiger partial charge in [-0.25, -0.2) is 0 Å². The number of hydrogen-bond donors (Lipinski definition) is 1. The molecule has 2 rings (SSSR count). The van der Waals surface area contributed by atoms with Crippen LogP contribution in [0.25, 0.3) is 0 Å². The Hall–Kier alpha value is -1.51. The van der Waals surface area contributed by atoms with Crippen molar-refractivity contribution < 1.29 is 4.79 Å². The second kappa shape index (κ2) is 4.16. The Labute approximate surface area is 96.5 Å². The van der Waals surface area contributed by atoms with E-state index in [9.17, 15) is 4.79 Å². The van der Waals surface area contributed by atoms with Crippen molar-refractivity contribution in [3.63, 3.8) is 0 Å². The molecule has 0 radical (unpaired) electrons. The van der Waals surface area contributed by atoms with Gasteiger partial charge in [0.1, 0.15) is 0 Å². The van der Waals surface area contributed by atoms with E-state index in [0.29, 0.717) is 6.54 Å². The van der Waals surface area contributed by atoms with Crippen LogP contribution in [-0.2, 0) is 4.79 Å². The number of carbonyl (C=O) groups excluding carboxylic acids is 1. The van der Waals surface area contributed by atoms with Crippen molar-refractivity contribution in [2.75, 3.05) is 23.3 Å². The third-order valence-electron chi connectivity index (χ3n) is 2.91. The lowest BCUT2D eigenvalue weighted by Gasteiger charge is -2.31. The van der Waals surface area contributed by atoms with E-state index < -0.39 is 0 Å². The summed E-state index contributed by atoms with van der Waals surface area (Å²) in [5.41, 5.74) is 4.56. The first-order valence-electron chi connectivity index (χ1n) is 5.79. The molecule has 0 fully saturated rings. The number of benzene rings is 1. The van der Waals surface area contributed by atoms with Crippen LogP contribution in [0, 0.1) is 13.8 Å². The van der Waals surface area contributed by atoms with Crippen LogP contribution in [0.2, 0.25) is 0 Å². The van der Waals surface area contributed by atoms with Gasteiger partial charge >= 0.3 is 0 Å². The first-order chi connectivity index (χ1) is 7.63. The molecule has 1 aliphatic rings. The minimum Gasteiger partial charge on any atom is -0.374 e. The van der Waals surface area contributed by atoms with E-state index in [4.69, 9.17) is 0 Å². The Morgan fingerprint density at radius 2 is 2.12 bits per heavy atom. The van der Waals surface area contributed by atoms with Crippen LogP contribution in [-0.4, -0.2) is 19.0 Å². The topological polar surface area (TPSA) is 32.3 Å². The van der Waals surface area contributed by atoms with Crippen molar-refractivity contribution in [1.82, 2.24) is 0 Å². The normalized spacial score (nSPS) is 14.7. The van der Waals surface area contributed by atoms with Crippen molar-refractivity contribution in [2.24, 2.45) is 0 Å². The maximum atomic E-state index is 11.8. The highest BCUT2D eigenvalue weighted by atomic mass is 16.2. The number of nitrogens with zero attached hydrogens (tertiary/aromatic N) is 1. The molecule has 1 aromatic carbocycles. The molecule has 1 aliphatic heterocycles. The third-order valence-corrected chi connectivity index (χ3v) is 2.91. The van der Waals surface area contributed by atoms with Crippen LogP contribution in [0.3, 0.4) is 0 Å². The number of nitrogens with one attached hydrogen (secondary N) is 1. The molecule has 86 valence electrons. The highest BCUT2D eigenvalue weighted by Gasteiger charge is 2.24. The van der Waals surface area contributed by atoms with Gasteiger partial charge in [-0.05, 0) is 37.5 Å². The van der Waals surface area contributed by atoms with Crippen molar-refractivity contribution in [2.45, 2.75) is 27.2 Å². The summed E-state index contributed by atoms with van der Waals surface area (Å²) in [6.07, 6.45) is 0.984. The van der Waals surface area contributed by atoms with Gasteiger partial charge in [0, 0.05) is 6.54 Å². The van der Waals surface area contributed by atoms with E-state index in [-0.39, 0.29) is 5.91 Å². The van der Waals surface area contributed by atoms with E-state index >= 15 is 0 Å². The fourth-order valence-corrected chi connectivity index (χ4v) is 2.25. The van der Waals surface area contributed by atoms with Gasteiger partial charge in [0.15, 0.2) is 0 Å². The van der Waals surface area contributed by atoms with E-state index in [0.717, 1.165) is 24.3 Å². The number of hydrogen-bond acceptors (Lipinski definition) is 2. The molecule has 1 aromatic rings. The van der Waals surface area contributed by atoms with Crippen LogP contribution in [0.1, 0.15) is 24.5 Å². The summed E-state index contributed by atoms with van der Waals surface area (Å²) in [5.74, 6) is 0.166. The number of rotatable bonds is 2. The predicted molar refractivity (Wildman–Crippen MR) is 67.0 cm³/mol. The number of amides is 1. The maximum absolute atomic E-state index is 11.8. The first kappa shape index (κ1) is 11.0. The average molecular weight is 218 g/mol. The summed E-state index contributed by atoms with van der Waals surface area (Å²) in [6.45, 7) is 7.46. The number of anilines is 2. The highest BCUT2D eigenvalue weighted by Crippen LogP contribution is 2.33. The van der Waals surface area contributed by atoms with E-state index in [1.165, 1.54) is 11.1 Å². The number of fused-ring (bicyclic) bond motifs is 1. The van der Waals surface area contributed by atoms with Gasteiger partial charge in [-0.2, -0.15) is 0 Å². The minimum absolute atomic E-state index is 0.166. The van der Waals surface area contributed by atoms with Crippen LogP contribution in [0.4, 0.5) is 11.4 Å². The van der Waals surface area contributed by atoms with Crippen molar-refractivity contribution >= 4 is 17.3 Å². The van der Waals surface area contributed by atoms with E-state index in [1.54, 1.807) is 0 Å². The van der Waals surface area contributed by atoms with E-state index in [2.05, 4.69) is 38.2 Å². The molecule has 0 spiro atoms. The monoisotopic (exact) mass is 218 g/mol. The summed E-state index contributed by atoms with van der Waals surface area (Å²) < 4.78 is 0. The lowest BCUT2D eigenvalue weighted by molar-refractivity contribution is -0.117. The van der Waals surface area contributed by atoms with Gasteiger partial charge in [-0.1, -0.05) is 13.0 Å². The Kier molecular flexibility index (Phi) is 2.86. The summed E-state index contributed by atoms with van der Waals surface area (Å²) >= 11 is 0. The molecule has 0 unspecified atom stereocenters. The zero-order valence-corrected chi connectivity index (χ0v) is 10.1. The number of carbonyl (C=O) groups is 1. The van der Waals surface area contributed by atoms with Gasteiger partial charge in [0.2, 0.25) is 5.91 Å². The van der Waals surface area contributed by atoms with Crippen LogP contribution >= 0.6 is 0 Å². The molecule has 1 amide bonds. The molecule has 0 bridgehead atoms. The lowest BCUT2D eigenvalue weighted by Crippen LogP contribution is -2.40. The van der Waals surface area contributed by atoms with Gasteiger partial charge in [-0.15, -0.1) is 0 Å². The summed E-state index contributed by atoms with van der Waals surface area (Å²) in [6, 6.07) is 4.23. The Morgan fingerprint density at radius 1 is 1.38 bits per heavy atom. The second-order valence-corrected chi connectivity index (χ2v) is 4.37. The standard InChI is InChI=1S/C13H18N2O/c1-4-5-15-11-7-9(2)6-10(3)13(11)14-8-12(15)16/h6-7,14H,4-5,8H2,1-3H3. The van der Waals surface area contributed by atoms with Gasteiger partial charge in [0.25, 0.3) is 0 Å². The van der Waals surface area contributed by atoms with Gasteiger partial charge in [0.05, 0.1) is 17.9 Å². The maximum Gasteiger partial charge on any atom is 0.246 e. The first-order valence-corrected chi connectivity index (χ1v) is 5.79. The van der Waals surface area contributed by atoms with Crippen molar-refractivity contribution in [1.29, 1.82) is 0 Å². The molecule has 0 atom stereocenters. The highest BCUT2D eigenvalue weighted by molar-refractivity contribution is 6.03. The Morgan fingerprint density at radius 3 is 2.81 bits per heavy atom. The molecular weight excluding hydrogens is 200 g/mol. The molecule has 3 heteroatoms. The van der Waals surface area contributed by atoms with Gasteiger partial charge < -0.3 is 10.2 Å². The molecule has 0 saturated carbocycles. The SMILES string of the molecule is CCCN1C(=O)CNc2c(C)cc(C)cc21. The minimum atomic E-state index is 0.166. The summed E-state index contributed by atoms with van der Waals surface area (Å²) in [7, 11) is 0. The number of aryl methyl sites for hydroxylation is 2. The Balaban J connectivity index is 2.49. The zero-order valence-electron chi connectivity index (χ0n) is 10.1. The summed E-state index contributed by atoms with van der Waals surface area (Å²) in [4.78, 5) is 13.7. The molecule has 0 saturated heterocycles. The lowest BCUT2D eigenvalue weighted by atomic mass is 10.1. The quantitative estimate of drug-likeness (QED) is 0.827. The van der Waals surface area contributed by atoms with Crippen molar-refractivity contribution in [3.8, 4) is 0 Å². The zero-order chi connectivity index (χ0) is 11.7. The second-order valence-electron chi connectivity index (χ2n) is 4.37. The Bertz CT molecular complexity index is 426. The molecule has 0 aliphatic carbocycles. The van der Waals surface area contributed by atoms with Crippen LogP contribution < -0.4 is 10.2 Å². The molecule has 1 heterocycles. The average Bonchev–Trinajstić information content (AvgIpc) is 2.22. The smallest absolute Gasteiger partial charge is 0.246 e. The predicted octanol–water partition coefficient (Wildman–Crippen LogP) is 2.47. The van der Waals surface area contributed by atoms with E-state index in [1.807, 2.05) is 4.90 Å². The fourth-order valence-electron chi connectivity index (χ4n) is 2.25.